The van der Waals surface area contributed by atoms with E-state index in [4.69, 9.17) is 4.74 Å². The highest BCUT2D eigenvalue weighted by molar-refractivity contribution is 5.84. The van der Waals surface area contributed by atoms with Crippen molar-refractivity contribution in [2.75, 3.05) is 26.2 Å². The van der Waals surface area contributed by atoms with Gasteiger partial charge in [-0.15, -0.1) is 0 Å². The molecule has 0 aromatic rings. The standard InChI is InChI=1S/C27H43N3O4/c1-26(2,3)34-25(33)30-9-4-6-21(16-30)23(31)28-22-7-5-8-29(17-22)24(32)27-13-18-10-19(14-27)12-20(11-18)15-27/h18-22H,4-17H2,1-3H3,(H,28,31)/t18?,19?,20?,21-,22-,27?/m1/s1. The average molecular weight is 474 g/mol. The normalized spacial score (nSPS) is 37.4. The first-order chi connectivity index (χ1) is 16.1. The third kappa shape index (κ3) is 4.94. The number of nitrogens with zero attached hydrogens (tertiary/aromatic N) is 2. The van der Waals surface area contributed by atoms with E-state index in [-0.39, 0.29) is 29.4 Å². The zero-order valence-electron chi connectivity index (χ0n) is 21.3. The molecule has 4 aliphatic carbocycles. The molecule has 4 bridgehead atoms. The molecule has 0 unspecified atom stereocenters. The molecule has 6 rings (SSSR count). The van der Waals surface area contributed by atoms with E-state index in [0.29, 0.717) is 25.5 Å². The van der Waals surface area contributed by atoms with Crippen LogP contribution in [0.1, 0.15) is 85.0 Å². The monoisotopic (exact) mass is 473 g/mol. The van der Waals surface area contributed by atoms with Crippen molar-refractivity contribution >= 4 is 17.9 Å². The van der Waals surface area contributed by atoms with Gasteiger partial charge in [0.25, 0.3) is 0 Å². The number of amides is 3. The Hall–Kier alpha value is -1.79. The fourth-order valence-corrected chi connectivity index (χ4v) is 7.99. The SMILES string of the molecule is CC(C)(C)OC(=O)N1CCC[C@@H](C(=O)N[C@@H]2CCCN(C(=O)C34CC5CC(CC(C5)C3)C4)C2)C1. The smallest absolute Gasteiger partial charge is 0.410 e. The van der Waals surface area contributed by atoms with Crippen LogP contribution < -0.4 is 5.32 Å². The molecule has 1 N–H and O–H groups in total. The summed E-state index contributed by atoms with van der Waals surface area (Å²) in [6.07, 6.45) is 10.4. The lowest BCUT2D eigenvalue weighted by Gasteiger charge is -2.57. The molecule has 2 saturated heterocycles. The summed E-state index contributed by atoms with van der Waals surface area (Å²) in [7, 11) is 0. The van der Waals surface area contributed by atoms with Crippen molar-refractivity contribution in [3.05, 3.63) is 0 Å². The maximum atomic E-state index is 13.8. The highest BCUT2D eigenvalue weighted by Gasteiger charge is 2.55. The van der Waals surface area contributed by atoms with Crippen LogP contribution in [-0.2, 0) is 14.3 Å². The summed E-state index contributed by atoms with van der Waals surface area (Å²) in [4.78, 5) is 43.1. The highest BCUT2D eigenvalue weighted by Crippen LogP contribution is 2.60. The van der Waals surface area contributed by atoms with Crippen molar-refractivity contribution in [2.45, 2.75) is 96.6 Å². The second-order valence-corrected chi connectivity index (χ2v) is 13.1. The minimum atomic E-state index is -0.541. The second-order valence-electron chi connectivity index (χ2n) is 13.1. The Morgan fingerprint density at radius 1 is 0.853 bits per heavy atom. The molecule has 7 heteroatoms. The van der Waals surface area contributed by atoms with E-state index < -0.39 is 5.60 Å². The zero-order valence-corrected chi connectivity index (χ0v) is 21.3. The number of piperidine rings is 2. The quantitative estimate of drug-likeness (QED) is 0.673. The van der Waals surface area contributed by atoms with Gasteiger partial charge in [0.05, 0.1) is 11.3 Å². The predicted molar refractivity (Wildman–Crippen MR) is 129 cm³/mol. The molecule has 4 saturated carbocycles. The Morgan fingerprint density at radius 3 is 2.06 bits per heavy atom. The molecule has 2 aliphatic heterocycles. The zero-order chi connectivity index (χ0) is 24.1. The van der Waals surface area contributed by atoms with Crippen molar-refractivity contribution in [1.82, 2.24) is 15.1 Å². The summed E-state index contributed by atoms with van der Waals surface area (Å²) >= 11 is 0. The molecule has 0 aromatic carbocycles. The first kappa shape index (κ1) is 23.9. The van der Waals surface area contributed by atoms with Crippen LogP contribution in [0.3, 0.4) is 0 Å². The third-order valence-electron chi connectivity index (χ3n) is 8.99. The van der Waals surface area contributed by atoms with Gasteiger partial charge in [-0.2, -0.15) is 0 Å². The lowest BCUT2D eigenvalue weighted by molar-refractivity contribution is -0.159. The van der Waals surface area contributed by atoms with Crippen LogP contribution in [0.4, 0.5) is 4.79 Å². The Balaban J connectivity index is 1.16. The van der Waals surface area contributed by atoms with E-state index in [1.807, 2.05) is 20.8 Å². The number of hydrogen-bond donors (Lipinski definition) is 1. The van der Waals surface area contributed by atoms with E-state index in [0.717, 1.165) is 69.2 Å². The fourth-order valence-electron chi connectivity index (χ4n) is 7.99. The number of ether oxygens (including phenoxy) is 1. The van der Waals surface area contributed by atoms with Gasteiger partial charge in [0.1, 0.15) is 5.60 Å². The maximum Gasteiger partial charge on any atom is 0.410 e. The number of carbonyl (C=O) groups is 3. The molecule has 3 amide bonds. The highest BCUT2D eigenvalue weighted by atomic mass is 16.6. The number of carbonyl (C=O) groups excluding carboxylic acids is 3. The molecule has 34 heavy (non-hydrogen) atoms. The van der Waals surface area contributed by atoms with E-state index >= 15 is 0 Å². The molecule has 7 nitrogen and oxygen atoms in total. The van der Waals surface area contributed by atoms with Crippen molar-refractivity contribution < 1.29 is 19.1 Å². The van der Waals surface area contributed by atoms with Gasteiger partial charge in [0.2, 0.25) is 11.8 Å². The molecular formula is C27H43N3O4. The van der Waals surface area contributed by atoms with Crippen molar-refractivity contribution in [1.29, 1.82) is 0 Å². The van der Waals surface area contributed by atoms with E-state index in [1.54, 1.807) is 4.90 Å². The number of rotatable bonds is 3. The van der Waals surface area contributed by atoms with Gasteiger partial charge in [0.15, 0.2) is 0 Å². The predicted octanol–water partition coefficient (Wildman–Crippen LogP) is 3.96. The molecular weight excluding hydrogens is 430 g/mol. The van der Waals surface area contributed by atoms with Crippen LogP contribution in [0, 0.1) is 29.1 Å². The van der Waals surface area contributed by atoms with E-state index in [2.05, 4.69) is 10.2 Å². The van der Waals surface area contributed by atoms with Crippen LogP contribution in [0.25, 0.3) is 0 Å². The van der Waals surface area contributed by atoms with Crippen molar-refractivity contribution in [2.24, 2.45) is 29.1 Å². The van der Waals surface area contributed by atoms with Crippen LogP contribution in [0.15, 0.2) is 0 Å². The van der Waals surface area contributed by atoms with Gasteiger partial charge < -0.3 is 19.9 Å². The lowest BCUT2D eigenvalue weighted by atomic mass is 9.49. The minimum Gasteiger partial charge on any atom is -0.444 e. The van der Waals surface area contributed by atoms with Gasteiger partial charge in [-0.1, -0.05) is 0 Å². The number of nitrogens with one attached hydrogen (secondary N) is 1. The molecule has 0 radical (unpaired) electrons. The summed E-state index contributed by atoms with van der Waals surface area (Å²) in [6, 6.07) is 0.0102. The van der Waals surface area contributed by atoms with E-state index in [1.165, 1.54) is 19.3 Å². The first-order valence-corrected chi connectivity index (χ1v) is 13.7. The topological polar surface area (TPSA) is 79.0 Å². The molecule has 0 spiro atoms. The van der Waals surface area contributed by atoms with Crippen LogP contribution in [0.5, 0.6) is 0 Å². The van der Waals surface area contributed by atoms with Gasteiger partial charge >= 0.3 is 6.09 Å². The molecule has 2 atom stereocenters. The van der Waals surface area contributed by atoms with Crippen LogP contribution in [-0.4, -0.2) is 65.5 Å². The molecule has 6 aliphatic rings. The Morgan fingerprint density at radius 2 is 1.44 bits per heavy atom. The Labute approximate surface area is 204 Å². The summed E-state index contributed by atoms with van der Waals surface area (Å²) in [6.45, 7) is 8.08. The van der Waals surface area contributed by atoms with Gasteiger partial charge in [-0.05, 0) is 103 Å². The van der Waals surface area contributed by atoms with Gasteiger partial charge in [0, 0.05) is 32.2 Å². The van der Waals surface area contributed by atoms with Crippen molar-refractivity contribution in [3.63, 3.8) is 0 Å². The maximum absolute atomic E-state index is 13.8. The van der Waals surface area contributed by atoms with Crippen LogP contribution in [0.2, 0.25) is 0 Å². The number of hydrogen-bond acceptors (Lipinski definition) is 4. The summed E-state index contributed by atoms with van der Waals surface area (Å²) in [5.74, 6) is 2.45. The lowest BCUT2D eigenvalue weighted by Crippen LogP contribution is -2.58. The molecule has 6 fully saturated rings. The molecule has 190 valence electrons. The average Bonchev–Trinajstić information content (AvgIpc) is 2.77. The Kier molecular flexibility index (Phi) is 6.34. The first-order valence-electron chi connectivity index (χ1n) is 13.7. The van der Waals surface area contributed by atoms with E-state index in [9.17, 15) is 14.4 Å². The third-order valence-corrected chi connectivity index (χ3v) is 8.99. The molecule has 0 aromatic heterocycles. The minimum absolute atomic E-state index is 0.0102. The van der Waals surface area contributed by atoms with Crippen molar-refractivity contribution in [3.8, 4) is 0 Å². The summed E-state index contributed by atoms with van der Waals surface area (Å²) in [5, 5.41) is 3.24. The Bertz CT molecular complexity index is 784. The van der Waals surface area contributed by atoms with Gasteiger partial charge in [-0.3, -0.25) is 9.59 Å². The number of likely N-dealkylation sites (tertiary alicyclic amines) is 2. The summed E-state index contributed by atoms with van der Waals surface area (Å²) in [5.41, 5.74) is -0.654. The summed E-state index contributed by atoms with van der Waals surface area (Å²) < 4.78 is 5.51. The largest absolute Gasteiger partial charge is 0.444 e. The van der Waals surface area contributed by atoms with Crippen LogP contribution >= 0.6 is 0 Å². The van der Waals surface area contributed by atoms with Gasteiger partial charge in [-0.25, -0.2) is 4.79 Å². The second kappa shape index (κ2) is 9.02. The fraction of sp³-hybridized carbons (Fsp3) is 0.889. The molecule has 2 heterocycles.